The molecule has 0 radical (unpaired) electrons. The molecule has 1 heterocycles. The van der Waals surface area contributed by atoms with Crippen LogP contribution < -0.4 is 11.3 Å². The maximum absolute atomic E-state index is 11.6. The van der Waals surface area contributed by atoms with Crippen LogP contribution in [-0.2, 0) is 11.3 Å². The number of rotatable bonds is 4. The van der Waals surface area contributed by atoms with Crippen LogP contribution >= 0.6 is 0 Å². The van der Waals surface area contributed by atoms with Gasteiger partial charge in [-0.2, -0.15) is 0 Å². The number of ether oxygens (including phenoxy) is 1. The molecule has 0 aliphatic carbocycles. The predicted octanol–water partition coefficient (Wildman–Crippen LogP) is 1.01. The van der Waals surface area contributed by atoms with Crippen molar-refractivity contribution in [3.8, 4) is 0 Å². The van der Waals surface area contributed by atoms with E-state index in [1.54, 1.807) is 0 Å². The molecule has 0 aliphatic heterocycles. The average molecular weight is 211 g/mol. The largest absolute Gasteiger partial charge is 0.383 e. The van der Waals surface area contributed by atoms with Gasteiger partial charge in [-0.25, -0.2) is 4.98 Å². The molecule has 5 nitrogen and oxygen atoms in total. The van der Waals surface area contributed by atoms with Crippen LogP contribution in [0.2, 0.25) is 0 Å². The highest BCUT2D eigenvalue weighted by Crippen LogP contribution is 2.14. The minimum absolute atomic E-state index is 0.0717. The summed E-state index contributed by atoms with van der Waals surface area (Å²) < 4.78 is 5.14. The van der Waals surface area contributed by atoms with Gasteiger partial charge in [0.05, 0.1) is 5.56 Å². The summed E-state index contributed by atoms with van der Waals surface area (Å²) >= 11 is 0. The average Bonchev–Trinajstić information content (AvgIpc) is 2.12. The molecule has 0 saturated heterocycles. The van der Waals surface area contributed by atoms with Crippen molar-refractivity contribution >= 4 is 5.82 Å². The Bertz CT molecular complexity index is 385. The van der Waals surface area contributed by atoms with E-state index in [0.29, 0.717) is 23.8 Å². The summed E-state index contributed by atoms with van der Waals surface area (Å²) in [5.74, 6) is 0.842. The Morgan fingerprint density at radius 2 is 2.20 bits per heavy atom. The maximum atomic E-state index is 11.6. The van der Waals surface area contributed by atoms with Crippen molar-refractivity contribution in [1.82, 2.24) is 9.97 Å². The fraction of sp³-hybridized carbons (Fsp3) is 0.600. The number of aromatic nitrogens is 2. The maximum Gasteiger partial charge on any atom is 0.256 e. The molecule has 0 unspecified atom stereocenters. The van der Waals surface area contributed by atoms with Crippen LogP contribution in [0.3, 0.4) is 0 Å². The van der Waals surface area contributed by atoms with Gasteiger partial charge in [-0.05, 0) is 12.8 Å². The lowest BCUT2D eigenvalue weighted by molar-refractivity contribution is 0.128. The van der Waals surface area contributed by atoms with Crippen molar-refractivity contribution in [3.63, 3.8) is 0 Å². The highest BCUT2D eigenvalue weighted by Gasteiger charge is 2.11. The molecule has 15 heavy (non-hydrogen) atoms. The van der Waals surface area contributed by atoms with Crippen LogP contribution in [0.1, 0.15) is 38.1 Å². The SMILES string of the molecule is CCOCc1nc(N)c(C(C)C)c(=O)[nH]1. The summed E-state index contributed by atoms with van der Waals surface area (Å²) in [7, 11) is 0. The smallest absolute Gasteiger partial charge is 0.256 e. The number of aromatic amines is 1. The number of nitrogens with one attached hydrogen (secondary N) is 1. The van der Waals surface area contributed by atoms with Gasteiger partial charge in [0.2, 0.25) is 0 Å². The van der Waals surface area contributed by atoms with E-state index < -0.39 is 0 Å². The quantitative estimate of drug-likeness (QED) is 0.778. The van der Waals surface area contributed by atoms with Crippen LogP contribution in [0.25, 0.3) is 0 Å². The van der Waals surface area contributed by atoms with E-state index in [0.717, 1.165) is 0 Å². The van der Waals surface area contributed by atoms with Crippen molar-refractivity contribution in [3.05, 3.63) is 21.7 Å². The molecule has 3 N–H and O–H groups in total. The van der Waals surface area contributed by atoms with Gasteiger partial charge in [0.1, 0.15) is 18.2 Å². The van der Waals surface area contributed by atoms with E-state index in [-0.39, 0.29) is 18.1 Å². The first-order valence-electron chi connectivity index (χ1n) is 5.02. The van der Waals surface area contributed by atoms with E-state index in [2.05, 4.69) is 9.97 Å². The van der Waals surface area contributed by atoms with Crippen molar-refractivity contribution in [2.45, 2.75) is 33.3 Å². The molecule has 0 bridgehead atoms. The molecule has 1 aromatic heterocycles. The molecular formula is C10H17N3O2. The lowest BCUT2D eigenvalue weighted by Crippen LogP contribution is -2.21. The zero-order valence-corrected chi connectivity index (χ0v) is 9.33. The topological polar surface area (TPSA) is 81.0 Å². The molecule has 5 heteroatoms. The Morgan fingerprint density at radius 3 is 2.67 bits per heavy atom. The number of nitrogens with zero attached hydrogens (tertiary/aromatic N) is 1. The molecule has 1 rings (SSSR count). The summed E-state index contributed by atoms with van der Waals surface area (Å²) in [5.41, 5.74) is 6.07. The Hall–Kier alpha value is -1.36. The van der Waals surface area contributed by atoms with Crippen LogP contribution in [0.15, 0.2) is 4.79 Å². The minimum Gasteiger partial charge on any atom is -0.383 e. The number of nitrogens with two attached hydrogens (primary N) is 1. The third-order valence-corrected chi connectivity index (χ3v) is 2.05. The molecule has 84 valence electrons. The Morgan fingerprint density at radius 1 is 1.53 bits per heavy atom. The number of anilines is 1. The van der Waals surface area contributed by atoms with E-state index in [9.17, 15) is 4.79 Å². The lowest BCUT2D eigenvalue weighted by atomic mass is 10.1. The van der Waals surface area contributed by atoms with E-state index in [1.165, 1.54) is 0 Å². The lowest BCUT2D eigenvalue weighted by Gasteiger charge is -2.09. The van der Waals surface area contributed by atoms with Gasteiger partial charge in [-0.1, -0.05) is 13.8 Å². The second kappa shape index (κ2) is 4.93. The van der Waals surface area contributed by atoms with Crippen LogP contribution in [0.5, 0.6) is 0 Å². The molecule has 0 saturated carbocycles. The number of hydrogen-bond donors (Lipinski definition) is 2. The summed E-state index contributed by atoms with van der Waals surface area (Å²) in [6.07, 6.45) is 0. The van der Waals surface area contributed by atoms with Crippen LogP contribution in [0.4, 0.5) is 5.82 Å². The number of nitrogen functional groups attached to an aromatic ring is 1. The van der Waals surface area contributed by atoms with Crippen molar-refractivity contribution in [2.24, 2.45) is 0 Å². The van der Waals surface area contributed by atoms with Gasteiger partial charge in [0, 0.05) is 6.61 Å². The third kappa shape index (κ3) is 2.79. The molecule has 0 aromatic carbocycles. The zero-order valence-electron chi connectivity index (χ0n) is 9.33. The van der Waals surface area contributed by atoms with E-state index in [4.69, 9.17) is 10.5 Å². The summed E-state index contributed by atoms with van der Waals surface area (Å²) in [6, 6.07) is 0. The first kappa shape index (κ1) is 11.7. The minimum atomic E-state index is -0.174. The summed E-state index contributed by atoms with van der Waals surface area (Å²) in [6.45, 7) is 6.56. The molecule has 0 aliphatic rings. The summed E-state index contributed by atoms with van der Waals surface area (Å²) in [4.78, 5) is 18.4. The van der Waals surface area contributed by atoms with Crippen molar-refractivity contribution in [1.29, 1.82) is 0 Å². The molecule has 0 fully saturated rings. The Labute approximate surface area is 88.7 Å². The fourth-order valence-corrected chi connectivity index (χ4v) is 1.37. The van der Waals surface area contributed by atoms with Gasteiger partial charge in [-0.3, -0.25) is 4.79 Å². The zero-order chi connectivity index (χ0) is 11.4. The van der Waals surface area contributed by atoms with Gasteiger partial charge in [-0.15, -0.1) is 0 Å². The van der Waals surface area contributed by atoms with Crippen LogP contribution in [0, 0.1) is 0 Å². The van der Waals surface area contributed by atoms with Gasteiger partial charge in [0.15, 0.2) is 0 Å². The normalized spacial score (nSPS) is 10.9. The Kier molecular flexibility index (Phi) is 3.85. The van der Waals surface area contributed by atoms with Crippen LogP contribution in [-0.4, -0.2) is 16.6 Å². The Balaban J connectivity index is 3.03. The predicted molar refractivity (Wildman–Crippen MR) is 58.7 cm³/mol. The molecular weight excluding hydrogens is 194 g/mol. The molecule has 0 amide bonds. The third-order valence-electron chi connectivity index (χ3n) is 2.05. The second-order valence-corrected chi connectivity index (χ2v) is 3.60. The highest BCUT2D eigenvalue weighted by molar-refractivity contribution is 5.39. The molecule has 0 atom stereocenters. The van der Waals surface area contributed by atoms with Gasteiger partial charge >= 0.3 is 0 Å². The fourth-order valence-electron chi connectivity index (χ4n) is 1.37. The van der Waals surface area contributed by atoms with Gasteiger partial charge in [0.25, 0.3) is 5.56 Å². The highest BCUT2D eigenvalue weighted by atomic mass is 16.5. The number of H-pyrrole nitrogens is 1. The van der Waals surface area contributed by atoms with Crippen molar-refractivity contribution < 1.29 is 4.74 Å². The van der Waals surface area contributed by atoms with E-state index >= 15 is 0 Å². The standard InChI is InChI=1S/C10H17N3O2/c1-4-15-5-7-12-9(11)8(6(2)3)10(14)13-7/h6H,4-5H2,1-3H3,(H3,11,12,13,14). The number of hydrogen-bond acceptors (Lipinski definition) is 4. The van der Waals surface area contributed by atoms with E-state index in [1.807, 2.05) is 20.8 Å². The van der Waals surface area contributed by atoms with Gasteiger partial charge < -0.3 is 15.5 Å². The van der Waals surface area contributed by atoms with Crippen molar-refractivity contribution in [2.75, 3.05) is 12.3 Å². The first-order chi connectivity index (χ1) is 7.06. The second-order valence-electron chi connectivity index (χ2n) is 3.60. The summed E-state index contributed by atoms with van der Waals surface area (Å²) in [5, 5.41) is 0. The molecule has 0 spiro atoms. The molecule has 1 aromatic rings. The first-order valence-corrected chi connectivity index (χ1v) is 5.02. The monoisotopic (exact) mass is 211 g/mol.